The second-order valence-electron chi connectivity index (χ2n) is 10.3. The summed E-state index contributed by atoms with van der Waals surface area (Å²) in [6.45, 7) is 3.81. The van der Waals surface area contributed by atoms with Crippen molar-refractivity contribution in [2.75, 3.05) is 6.54 Å². The maximum atomic E-state index is 7.17. The fraction of sp³-hybridized carbons (Fsp3) is 1.00. The summed E-state index contributed by atoms with van der Waals surface area (Å²) in [5.74, 6) is 0.811. The van der Waals surface area contributed by atoms with Gasteiger partial charge in [0.2, 0.25) is 0 Å². The van der Waals surface area contributed by atoms with Crippen LogP contribution in [0.15, 0.2) is 0 Å². The van der Waals surface area contributed by atoms with Gasteiger partial charge >= 0.3 is 0 Å². The fourth-order valence-electron chi connectivity index (χ4n) is 6.36. The molecular weight excluding hydrogens is 301 g/mol. The molecule has 1 saturated heterocycles. The number of nitrogens with one attached hydrogen (secondary N) is 1. The first-order valence-electron chi connectivity index (χ1n) is 11.6. The van der Waals surface area contributed by atoms with Gasteiger partial charge in [0.1, 0.15) is 0 Å². The van der Waals surface area contributed by atoms with Crippen molar-refractivity contribution in [2.24, 2.45) is 11.3 Å². The summed E-state index contributed by atoms with van der Waals surface area (Å²) >= 11 is 0. The standard InChI is InChI=1S/C23H42BN/c1-22-14-10-6-4-8-12-16-25-21(18-22)20-13-9-5-2-3-7-11-15-23(24,17-20)19-22/h20-21,25H,2-19H2,1H3/t20?,21?,22-,23-/m0/s1. The molecule has 25 heavy (non-hydrogen) atoms. The predicted molar refractivity (Wildman–Crippen MR) is 110 cm³/mol. The van der Waals surface area contributed by atoms with Crippen molar-refractivity contribution in [3.63, 3.8) is 0 Å². The monoisotopic (exact) mass is 343 g/mol. The first-order chi connectivity index (χ1) is 12.1. The van der Waals surface area contributed by atoms with Gasteiger partial charge in [0, 0.05) is 6.04 Å². The fourth-order valence-corrected chi connectivity index (χ4v) is 6.36. The van der Waals surface area contributed by atoms with Crippen LogP contribution < -0.4 is 5.32 Å². The predicted octanol–water partition coefficient (Wildman–Crippen LogP) is 6.57. The average Bonchev–Trinajstić information content (AvgIpc) is 2.71. The summed E-state index contributed by atoms with van der Waals surface area (Å²) in [5, 5.41) is 4.13. The number of fused-ring (bicyclic) bond motifs is 5. The summed E-state index contributed by atoms with van der Waals surface area (Å²) in [6, 6.07) is 0.717. The van der Waals surface area contributed by atoms with Gasteiger partial charge in [0.05, 0.1) is 7.85 Å². The molecule has 1 heterocycles. The van der Waals surface area contributed by atoms with Crippen LogP contribution in [0.1, 0.15) is 116 Å². The van der Waals surface area contributed by atoms with Crippen LogP contribution in [0.3, 0.4) is 0 Å². The number of rotatable bonds is 0. The minimum Gasteiger partial charge on any atom is -0.314 e. The Kier molecular flexibility index (Phi) is 7.35. The first-order valence-corrected chi connectivity index (χ1v) is 11.6. The van der Waals surface area contributed by atoms with E-state index in [9.17, 15) is 0 Å². The molecule has 0 aromatic carbocycles. The maximum Gasteiger partial charge on any atom is 0.0746 e. The molecule has 4 bridgehead atoms. The van der Waals surface area contributed by atoms with Gasteiger partial charge in [-0.25, -0.2) is 0 Å². The lowest BCUT2D eigenvalue weighted by Gasteiger charge is -2.39. The molecule has 3 fully saturated rings. The van der Waals surface area contributed by atoms with Gasteiger partial charge in [-0.1, -0.05) is 95.7 Å². The molecule has 4 atom stereocenters. The lowest BCUT2D eigenvalue weighted by Crippen LogP contribution is -2.39. The van der Waals surface area contributed by atoms with Gasteiger partial charge in [-0.3, -0.25) is 0 Å². The second kappa shape index (κ2) is 9.29. The van der Waals surface area contributed by atoms with Crippen LogP contribution in [0.5, 0.6) is 0 Å². The van der Waals surface area contributed by atoms with Gasteiger partial charge in [-0.05, 0) is 43.6 Å². The van der Waals surface area contributed by atoms with Crippen LogP contribution in [-0.4, -0.2) is 20.4 Å². The third-order valence-electron chi connectivity index (χ3n) is 7.59. The van der Waals surface area contributed by atoms with Gasteiger partial charge in [0.15, 0.2) is 0 Å². The van der Waals surface area contributed by atoms with Crippen molar-refractivity contribution in [1.29, 1.82) is 0 Å². The van der Waals surface area contributed by atoms with Gasteiger partial charge in [-0.2, -0.15) is 0 Å². The molecule has 1 N–H and O–H groups in total. The summed E-state index contributed by atoms with van der Waals surface area (Å²) < 4.78 is 0. The van der Waals surface area contributed by atoms with E-state index >= 15 is 0 Å². The minimum absolute atomic E-state index is 0.101. The molecule has 3 rings (SSSR count). The lowest BCUT2D eigenvalue weighted by molar-refractivity contribution is 0.195. The Hall–Kier alpha value is 0.0249. The molecule has 3 aliphatic rings. The van der Waals surface area contributed by atoms with Gasteiger partial charge in [-0.15, -0.1) is 0 Å². The Labute approximate surface area is 158 Å². The molecule has 1 nitrogen and oxygen atoms in total. The van der Waals surface area contributed by atoms with Crippen LogP contribution >= 0.6 is 0 Å². The SMILES string of the molecule is [B][C@@]12CCCCCCCCC(C1)C1C[C@](C)(CCCCCCCN1)C2. The number of hydrogen-bond donors (Lipinski definition) is 1. The smallest absolute Gasteiger partial charge is 0.0746 e. The minimum atomic E-state index is 0.101. The van der Waals surface area contributed by atoms with E-state index in [2.05, 4.69) is 12.2 Å². The molecule has 142 valence electrons. The summed E-state index contributed by atoms with van der Waals surface area (Å²) in [4.78, 5) is 0. The summed E-state index contributed by atoms with van der Waals surface area (Å²) in [6.07, 6.45) is 23.6. The zero-order chi connectivity index (χ0) is 17.6. The van der Waals surface area contributed by atoms with Crippen molar-refractivity contribution in [3.8, 4) is 0 Å². The molecular formula is C23H42BN. The molecule has 2 saturated carbocycles. The van der Waals surface area contributed by atoms with E-state index in [4.69, 9.17) is 7.85 Å². The topological polar surface area (TPSA) is 12.0 Å². The second-order valence-corrected chi connectivity index (χ2v) is 10.3. The highest BCUT2D eigenvalue weighted by Gasteiger charge is 2.43. The Balaban J connectivity index is 1.82. The molecule has 0 aromatic heterocycles. The Morgan fingerprint density at radius 3 is 2.20 bits per heavy atom. The zero-order valence-corrected chi connectivity index (χ0v) is 17.0. The van der Waals surface area contributed by atoms with Crippen molar-refractivity contribution in [2.45, 2.75) is 127 Å². The van der Waals surface area contributed by atoms with Crippen LogP contribution in [0.4, 0.5) is 0 Å². The Morgan fingerprint density at radius 1 is 0.760 bits per heavy atom. The third-order valence-corrected chi connectivity index (χ3v) is 7.59. The molecule has 2 unspecified atom stereocenters. The maximum absolute atomic E-state index is 7.17. The molecule has 2 radical (unpaired) electrons. The van der Waals surface area contributed by atoms with Crippen molar-refractivity contribution in [3.05, 3.63) is 0 Å². The van der Waals surface area contributed by atoms with E-state index in [0.29, 0.717) is 11.5 Å². The Morgan fingerprint density at radius 2 is 1.40 bits per heavy atom. The van der Waals surface area contributed by atoms with Gasteiger partial charge < -0.3 is 5.32 Å². The molecule has 1 aliphatic heterocycles. The zero-order valence-electron chi connectivity index (χ0n) is 17.0. The van der Waals surface area contributed by atoms with Crippen LogP contribution in [0.2, 0.25) is 5.31 Å². The van der Waals surface area contributed by atoms with Crippen molar-refractivity contribution in [1.82, 2.24) is 5.32 Å². The molecule has 0 amide bonds. The normalized spacial score (nSPS) is 42.4. The lowest BCUT2D eigenvalue weighted by atomic mass is 9.55. The summed E-state index contributed by atoms with van der Waals surface area (Å²) in [5.41, 5.74) is 0.454. The van der Waals surface area contributed by atoms with Crippen LogP contribution in [0.25, 0.3) is 0 Å². The molecule has 2 aliphatic carbocycles. The average molecular weight is 343 g/mol. The molecule has 0 spiro atoms. The quantitative estimate of drug-likeness (QED) is 0.491. The van der Waals surface area contributed by atoms with E-state index in [1.165, 1.54) is 116 Å². The van der Waals surface area contributed by atoms with Crippen LogP contribution in [-0.2, 0) is 0 Å². The van der Waals surface area contributed by atoms with E-state index in [1.807, 2.05) is 0 Å². The highest BCUT2D eigenvalue weighted by Crippen LogP contribution is 2.54. The molecule has 2 heteroatoms. The van der Waals surface area contributed by atoms with E-state index < -0.39 is 0 Å². The van der Waals surface area contributed by atoms with E-state index in [-0.39, 0.29) is 5.31 Å². The summed E-state index contributed by atoms with van der Waals surface area (Å²) in [7, 11) is 7.17. The van der Waals surface area contributed by atoms with E-state index in [0.717, 1.165) is 5.92 Å². The first kappa shape index (κ1) is 19.8. The third kappa shape index (κ3) is 6.01. The Bertz CT molecular complexity index is 362. The highest BCUT2D eigenvalue weighted by atomic mass is 14.9. The van der Waals surface area contributed by atoms with Crippen LogP contribution in [0, 0.1) is 11.3 Å². The molecule has 0 aromatic rings. The van der Waals surface area contributed by atoms with Crippen molar-refractivity contribution < 1.29 is 0 Å². The largest absolute Gasteiger partial charge is 0.314 e. The highest BCUT2D eigenvalue weighted by molar-refractivity contribution is 6.15. The van der Waals surface area contributed by atoms with Gasteiger partial charge in [0.25, 0.3) is 0 Å². The van der Waals surface area contributed by atoms with Crippen molar-refractivity contribution >= 4 is 7.85 Å². The van der Waals surface area contributed by atoms with E-state index in [1.54, 1.807) is 0 Å². The number of hydrogen-bond acceptors (Lipinski definition) is 1.